The van der Waals surface area contributed by atoms with Crippen LogP contribution < -0.4 is 11.1 Å². The van der Waals surface area contributed by atoms with Crippen molar-refractivity contribution in [3.8, 4) is 0 Å². The Labute approximate surface area is 162 Å². The molecule has 3 N–H and O–H groups in total. The third-order valence-corrected chi connectivity index (χ3v) is 7.82. The van der Waals surface area contributed by atoms with Crippen LogP contribution in [0.5, 0.6) is 0 Å². The average Bonchev–Trinajstić information content (AvgIpc) is 2.90. The maximum atomic E-state index is 13.3. The van der Waals surface area contributed by atoms with Gasteiger partial charge in [-0.25, -0.2) is 4.79 Å². The summed E-state index contributed by atoms with van der Waals surface area (Å²) in [4.78, 5) is 37.8. The van der Waals surface area contributed by atoms with Gasteiger partial charge in [0.2, 0.25) is 5.91 Å². The van der Waals surface area contributed by atoms with Crippen molar-refractivity contribution in [2.45, 2.75) is 52.4 Å². The number of nitrogens with two attached hydrogens (primary N) is 1. The lowest BCUT2D eigenvalue weighted by molar-refractivity contribution is -0.140. The monoisotopic (exact) mass is 390 g/mol. The first-order valence-corrected chi connectivity index (χ1v) is 10.6. The smallest absolute Gasteiger partial charge is 0.341 e. The Morgan fingerprint density at radius 2 is 1.70 bits per heavy atom. The van der Waals surface area contributed by atoms with E-state index in [0.717, 1.165) is 30.6 Å². The molecule has 0 spiro atoms. The van der Waals surface area contributed by atoms with Gasteiger partial charge in [-0.2, -0.15) is 0 Å². The molecule has 5 rings (SSSR count). The highest BCUT2D eigenvalue weighted by Crippen LogP contribution is 2.60. The van der Waals surface area contributed by atoms with E-state index in [-0.39, 0.29) is 23.5 Å². The van der Waals surface area contributed by atoms with Crippen molar-refractivity contribution in [1.29, 1.82) is 0 Å². The number of anilines is 1. The van der Waals surface area contributed by atoms with Crippen LogP contribution in [0.4, 0.5) is 5.00 Å². The molecule has 0 radical (unpaired) electrons. The molecule has 4 aliphatic rings. The summed E-state index contributed by atoms with van der Waals surface area (Å²) >= 11 is 1.07. The fourth-order valence-corrected chi connectivity index (χ4v) is 6.95. The van der Waals surface area contributed by atoms with Crippen LogP contribution in [0.1, 0.15) is 71.0 Å². The summed E-state index contributed by atoms with van der Waals surface area (Å²) in [6.45, 7) is 3.62. The highest BCUT2D eigenvalue weighted by Gasteiger charge is 2.54. The van der Waals surface area contributed by atoms with E-state index in [4.69, 9.17) is 10.5 Å². The number of carbonyl (C=O) groups excluding carboxylic acids is 3. The van der Waals surface area contributed by atoms with Crippen molar-refractivity contribution in [1.82, 2.24) is 0 Å². The first-order valence-electron chi connectivity index (χ1n) is 9.74. The van der Waals surface area contributed by atoms with Crippen LogP contribution in [-0.4, -0.2) is 24.4 Å². The minimum Gasteiger partial charge on any atom is -0.462 e. The Hall–Kier alpha value is -1.89. The normalized spacial score (nSPS) is 31.0. The Kier molecular flexibility index (Phi) is 4.53. The predicted octanol–water partition coefficient (Wildman–Crippen LogP) is 3.49. The van der Waals surface area contributed by atoms with Gasteiger partial charge in [0.15, 0.2) is 0 Å². The van der Waals surface area contributed by atoms with E-state index in [2.05, 4.69) is 5.32 Å². The molecule has 4 fully saturated rings. The summed E-state index contributed by atoms with van der Waals surface area (Å²) < 4.78 is 5.14. The summed E-state index contributed by atoms with van der Waals surface area (Å²) in [7, 11) is 0. The molecular formula is C20H26N2O4S. The molecule has 0 atom stereocenters. The molecule has 27 heavy (non-hydrogen) atoms. The van der Waals surface area contributed by atoms with E-state index in [1.165, 1.54) is 19.3 Å². The summed E-state index contributed by atoms with van der Waals surface area (Å²) in [6.07, 6.45) is 6.57. The maximum Gasteiger partial charge on any atom is 0.341 e. The summed E-state index contributed by atoms with van der Waals surface area (Å²) in [5, 5.41) is 3.38. The zero-order chi connectivity index (χ0) is 19.3. The minimum absolute atomic E-state index is 0.00980. The number of thiophene rings is 1. The molecule has 0 saturated heterocycles. The third kappa shape index (κ3) is 3.06. The lowest BCUT2D eigenvalue weighted by atomic mass is 9.49. The number of hydrogen-bond acceptors (Lipinski definition) is 5. The zero-order valence-corrected chi connectivity index (χ0v) is 16.6. The van der Waals surface area contributed by atoms with E-state index < -0.39 is 11.9 Å². The Bertz CT molecular complexity index is 778. The van der Waals surface area contributed by atoms with Crippen molar-refractivity contribution in [2.24, 2.45) is 28.9 Å². The molecule has 2 amide bonds. The van der Waals surface area contributed by atoms with Crippen LogP contribution in [0.2, 0.25) is 0 Å². The van der Waals surface area contributed by atoms with Crippen LogP contribution in [0.15, 0.2) is 0 Å². The van der Waals surface area contributed by atoms with Crippen LogP contribution in [-0.2, 0) is 9.53 Å². The van der Waals surface area contributed by atoms with Gasteiger partial charge in [-0.15, -0.1) is 11.3 Å². The SMILES string of the molecule is CCOC(=O)c1c(NC(=O)C23CC4CC(CC(C4)C2)C3)sc(C(N)=O)c1C. The highest BCUT2D eigenvalue weighted by molar-refractivity contribution is 7.18. The number of ether oxygens (including phenoxy) is 1. The number of esters is 1. The van der Waals surface area contributed by atoms with Gasteiger partial charge in [-0.05, 0) is 75.7 Å². The first kappa shape index (κ1) is 18.5. The molecule has 146 valence electrons. The molecule has 6 nitrogen and oxygen atoms in total. The molecule has 0 unspecified atom stereocenters. The van der Waals surface area contributed by atoms with Crippen LogP contribution in [0.25, 0.3) is 0 Å². The second-order valence-electron chi connectivity index (χ2n) is 8.50. The van der Waals surface area contributed by atoms with Crippen molar-refractivity contribution in [3.05, 3.63) is 16.0 Å². The second kappa shape index (κ2) is 6.62. The van der Waals surface area contributed by atoms with Gasteiger partial charge in [-0.1, -0.05) is 0 Å². The Morgan fingerprint density at radius 3 is 2.19 bits per heavy atom. The number of carbonyl (C=O) groups is 3. The molecule has 0 aliphatic heterocycles. The molecule has 4 saturated carbocycles. The quantitative estimate of drug-likeness (QED) is 0.752. The van der Waals surface area contributed by atoms with Crippen LogP contribution in [0, 0.1) is 30.1 Å². The molecule has 1 aromatic rings. The second-order valence-corrected chi connectivity index (χ2v) is 9.52. The molecule has 4 aliphatic carbocycles. The third-order valence-electron chi connectivity index (χ3n) is 6.60. The molecule has 4 bridgehead atoms. The lowest BCUT2D eigenvalue weighted by Crippen LogP contribution is -2.51. The predicted molar refractivity (Wildman–Crippen MR) is 103 cm³/mol. The maximum absolute atomic E-state index is 13.3. The van der Waals surface area contributed by atoms with Crippen molar-refractivity contribution >= 4 is 34.1 Å². The summed E-state index contributed by atoms with van der Waals surface area (Å²) in [6, 6.07) is 0. The first-order chi connectivity index (χ1) is 12.8. The van der Waals surface area contributed by atoms with Gasteiger partial charge in [0.05, 0.1) is 22.5 Å². The van der Waals surface area contributed by atoms with Crippen molar-refractivity contribution in [2.75, 3.05) is 11.9 Å². The Balaban J connectivity index is 1.64. The molecule has 1 aromatic heterocycles. The Morgan fingerprint density at radius 1 is 1.15 bits per heavy atom. The number of primary amides is 1. The summed E-state index contributed by atoms with van der Waals surface area (Å²) in [5.74, 6) is 0.815. The standard InChI is InChI=1S/C20H26N2O4S/c1-3-26-18(24)14-10(2)15(16(21)23)27-17(14)22-19(25)20-7-11-4-12(8-20)6-13(5-11)9-20/h11-13H,3-9H2,1-2H3,(H2,21,23)(H,22,25). The van der Waals surface area contributed by atoms with E-state index in [9.17, 15) is 14.4 Å². The van der Waals surface area contributed by atoms with Gasteiger partial charge in [0.1, 0.15) is 5.00 Å². The van der Waals surface area contributed by atoms with Gasteiger partial charge in [0.25, 0.3) is 5.91 Å². The van der Waals surface area contributed by atoms with E-state index in [1.54, 1.807) is 13.8 Å². The summed E-state index contributed by atoms with van der Waals surface area (Å²) in [5.41, 5.74) is 5.86. The molecule has 7 heteroatoms. The van der Waals surface area contributed by atoms with Gasteiger partial charge in [0, 0.05) is 0 Å². The minimum atomic E-state index is -0.599. The average molecular weight is 391 g/mol. The molecule has 1 heterocycles. The van der Waals surface area contributed by atoms with Crippen LogP contribution in [0.3, 0.4) is 0 Å². The number of nitrogens with one attached hydrogen (secondary N) is 1. The van der Waals surface area contributed by atoms with Crippen molar-refractivity contribution < 1.29 is 19.1 Å². The highest BCUT2D eigenvalue weighted by atomic mass is 32.1. The fourth-order valence-electron chi connectivity index (χ4n) is 5.91. The zero-order valence-electron chi connectivity index (χ0n) is 15.8. The largest absolute Gasteiger partial charge is 0.462 e. The van der Waals surface area contributed by atoms with Gasteiger partial charge in [-0.3, -0.25) is 9.59 Å². The van der Waals surface area contributed by atoms with Gasteiger partial charge >= 0.3 is 5.97 Å². The fraction of sp³-hybridized carbons (Fsp3) is 0.650. The number of amides is 2. The number of hydrogen-bond donors (Lipinski definition) is 2. The number of rotatable bonds is 5. The molecular weight excluding hydrogens is 364 g/mol. The van der Waals surface area contributed by atoms with Crippen molar-refractivity contribution in [3.63, 3.8) is 0 Å². The van der Waals surface area contributed by atoms with E-state index >= 15 is 0 Å². The van der Waals surface area contributed by atoms with E-state index in [1.807, 2.05) is 0 Å². The topological polar surface area (TPSA) is 98.5 Å². The van der Waals surface area contributed by atoms with E-state index in [0.29, 0.717) is 33.2 Å². The van der Waals surface area contributed by atoms with Crippen LogP contribution >= 0.6 is 11.3 Å². The lowest BCUT2D eigenvalue weighted by Gasteiger charge is -2.55. The molecule has 0 aromatic carbocycles. The van der Waals surface area contributed by atoms with Gasteiger partial charge < -0.3 is 15.8 Å².